The van der Waals surface area contributed by atoms with Gasteiger partial charge in [0.1, 0.15) is 0 Å². The molecule has 114 valence electrons. The number of aromatic nitrogens is 1. The fraction of sp³-hybridized carbons (Fsp3) is 0.467. The number of hydrogen-bond acceptors (Lipinski definition) is 5. The van der Waals surface area contributed by atoms with Crippen molar-refractivity contribution in [2.24, 2.45) is 5.92 Å². The molecule has 0 bridgehead atoms. The van der Waals surface area contributed by atoms with E-state index in [4.69, 9.17) is 4.74 Å². The molecule has 0 fully saturated rings. The van der Waals surface area contributed by atoms with E-state index < -0.39 is 16.6 Å². The summed E-state index contributed by atoms with van der Waals surface area (Å²) in [5.74, 6) is -1.26. The summed E-state index contributed by atoms with van der Waals surface area (Å²) >= 11 is 3.13. The molecule has 1 aromatic carbocycles. The second-order valence-electron chi connectivity index (χ2n) is 5.33. The molecule has 4 nitrogen and oxygen atoms in total. The average molecular weight is 325 g/mol. The third kappa shape index (κ3) is 3.96. The maximum Gasteiger partial charge on any atom is 0.307 e. The number of methoxy groups -OCH3 is 1. The molecule has 0 radical (unpaired) electrons. The van der Waals surface area contributed by atoms with Crippen LogP contribution < -0.4 is 0 Å². The number of carboxylic acid groups (broad SMARTS) is 1. The van der Waals surface area contributed by atoms with E-state index in [0.717, 1.165) is 14.6 Å². The number of ether oxygens (including phenoxy) is 1. The van der Waals surface area contributed by atoms with Gasteiger partial charge in [0.05, 0.1) is 16.1 Å². The summed E-state index contributed by atoms with van der Waals surface area (Å²) in [6.45, 7) is 4.36. The van der Waals surface area contributed by atoms with Crippen LogP contribution in [0.2, 0.25) is 0 Å². The van der Waals surface area contributed by atoms with Crippen molar-refractivity contribution in [2.75, 3.05) is 13.7 Å². The Labute approximate surface area is 132 Å². The predicted octanol–water partition coefficient (Wildman–Crippen LogP) is 3.90. The van der Waals surface area contributed by atoms with Crippen molar-refractivity contribution in [3.05, 3.63) is 24.3 Å². The van der Waals surface area contributed by atoms with Crippen molar-refractivity contribution < 1.29 is 14.6 Å². The van der Waals surface area contributed by atoms with Gasteiger partial charge < -0.3 is 9.84 Å². The zero-order valence-corrected chi connectivity index (χ0v) is 14.0. The van der Waals surface area contributed by atoms with Crippen LogP contribution in [-0.4, -0.2) is 34.5 Å². The molecule has 2 rings (SSSR count). The molecule has 0 aliphatic heterocycles. The van der Waals surface area contributed by atoms with E-state index in [2.05, 4.69) is 4.98 Å². The van der Waals surface area contributed by atoms with Gasteiger partial charge in [0.15, 0.2) is 4.34 Å². The molecule has 21 heavy (non-hydrogen) atoms. The number of benzene rings is 1. The van der Waals surface area contributed by atoms with Crippen LogP contribution in [0.4, 0.5) is 0 Å². The molecule has 1 aromatic heterocycles. The molecular weight excluding hydrogens is 306 g/mol. The average Bonchev–Trinajstić information content (AvgIpc) is 2.79. The smallest absolute Gasteiger partial charge is 0.307 e. The number of hydrogen-bond donors (Lipinski definition) is 1. The largest absolute Gasteiger partial charge is 0.481 e. The highest BCUT2D eigenvalue weighted by Crippen LogP contribution is 2.42. The first kappa shape index (κ1) is 16.3. The number of nitrogens with zero attached hydrogens (tertiary/aromatic N) is 1. The van der Waals surface area contributed by atoms with Gasteiger partial charge in [-0.2, -0.15) is 0 Å². The molecular formula is C15H19NO3S2. The lowest BCUT2D eigenvalue weighted by atomic mass is 9.92. The number of fused-ring (bicyclic) bond motifs is 1. The van der Waals surface area contributed by atoms with Gasteiger partial charge in [0.25, 0.3) is 0 Å². The Bertz CT molecular complexity index is 591. The topological polar surface area (TPSA) is 59.4 Å². The molecule has 1 N–H and O–H groups in total. The van der Waals surface area contributed by atoms with E-state index in [1.807, 2.05) is 38.1 Å². The van der Waals surface area contributed by atoms with Gasteiger partial charge in [-0.05, 0) is 32.4 Å². The van der Waals surface area contributed by atoms with Crippen LogP contribution in [-0.2, 0) is 9.53 Å². The van der Waals surface area contributed by atoms with Crippen molar-refractivity contribution in [1.29, 1.82) is 0 Å². The van der Waals surface area contributed by atoms with E-state index in [1.165, 1.54) is 11.8 Å². The number of aliphatic carboxylic acids is 1. The Morgan fingerprint density at radius 3 is 2.81 bits per heavy atom. The zero-order valence-electron chi connectivity index (χ0n) is 12.3. The Hall–Kier alpha value is -1.11. The summed E-state index contributed by atoms with van der Waals surface area (Å²) in [5, 5.41) is 9.47. The second kappa shape index (κ2) is 6.77. The lowest BCUT2D eigenvalue weighted by Gasteiger charge is -2.29. The highest BCUT2D eigenvalue weighted by Gasteiger charge is 2.36. The first-order valence-electron chi connectivity index (χ1n) is 6.70. The van der Waals surface area contributed by atoms with E-state index in [-0.39, 0.29) is 0 Å². The van der Waals surface area contributed by atoms with Gasteiger partial charge in [-0.15, -0.1) is 11.3 Å². The van der Waals surface area contributed by atoms with Crippen molar-refractivity contribution in [1.82, 2.24) is 4.98 Å². The van der Waals surface area contributed by atoms with E-state index in [9.17, 15) is 9.90 Å². The predicted molar refractivity (Wildman–Crippen MR) is 87.2 cm³/mol. The number of rotatable bonds is 7. The maximum absolute atomic E-state index is 11.5. The molecule has 1 atom stereocenters. The minimum atomic E-state index is -0.786. The lowest BCUT2D eigenvalue weighted by molar-refractivity contribution is -0.143. The van der Waals surface area contributed by atoms with Crippen molar-refractivity contribution in [3.8, 4) is 0 Å². The van der Waals surface area contributed by atoms with Crippen molar-refractivity contribution >= 4 is 39.3 Å². The SMILES string of the molecule is COCCC(C(=O)O)C(C)(C)Sc1nc2ccccc2s1. The third-order valence-electron chi connectivity index (χ3n) is 3.37. The van der Waals surface area contributed by atoms with Crippen LogP contribution in [0.25, 0.3) is 10.2 Å². The summed E-state index contributed by atoms with van der Waals surface area (Å²) < 4.78 is 6.62. The van der Waals surface area contributed by atoms with Crippen LogP contribution in [0, 0.1) is 5.92 Å². The standard InChI is InChI=1S/C15H19NO3S2/c1-15(2,10(13(17)18)8-9-19-3)21-14-16-11-6-4-5-7-12(11)20-14/h4-7,10H,8-9H2,1-3H3,(H,17,18). The molecule has 0 aliphatic rings. The molecule has 0 aliphatic carbocycles. The van der Waals surface area contributed by atoms with Crippen LogP contribution in [0.1, 0.15) is 20.3 Å². The monoisotopic (exact) mass is 325 g/mol. The number of thioether (sulfide) groups is 1. The van der Waals surface area contributed by atoms with Crippen LogP contribution in [0.3, 0.4) is 0 Å². The number of para-hydroxylation sites is 1. The van der Waals surface area contributed by atoms with Crippen molar-refractivity contribution in [3.63, 3.8) is 0 Å². The molecule has 0 saturated heterocycles. The quantitative estimate of drug-likeness (QED) is 0.782. The second-order valence-corrected chi connectivity index (χ2v) is 8.26. The molecule has 0 amide bonds. The Balaban J connectivity index is 2.19. The number of carboxylic acids is 1. The Morgan fingerprint density at radius 1 is 1.48 bits per heavy atom. The highest BCUT2D eigenvalue weighted by molar-refractivity contribution is 8.02. The van der Waals surface area contributed by atoms with Crippen LogP contribution >= 0.6 is 23.1 Å². The maximum atomic E-state index is 11.5. The molecule has 0 saturated carbocycles. The Morgan fingerprint density at radius 2 is 2.19 bits per heavy atom. The summed E-state index contributed by atoms with van der Waals surface area (Å²) in [6, 6.07) is 7.95. The van der Waals surface area contributed by atoms with Gasteiger partial charge in [0, 0.05) is 18.5 Å². The van der Waals surface area contributed by atoms with Crippen molar-refractivity contribution in [2.45, 2.75) is 29.4 Å². The van der Waals surface area contributed by atoms with E-state index in [1.54, 1.807) is 18.4 Å². The summed E-state index contributed by atoms with van der Waals surface area (Å²) in [6.07, 6.45) is 0.497. The summed E-state index contributed by atoms with van der Waals surface area (Å²) in [7, 11) is 1.59. The highest BCUT2D eigenvalue weighted by atomic mass is 32.2. The summed E-state index contributed by atoms with van der Waals surface area (Å²) in [5.41, 5.74) is 0.963. The van der Waals surface area contributed by atoms with Crippen LogP contribution in [0.15, 0.2) is 28.6 Å². The molecule has 1 heterocycles. The lowest BCUT2D eigenvalue weighted by Crippen LogP contribution is -2.34. The number of thiazole rings is 1. The van der Waals surface area contributed by atoms with E-state index in [0.29, 0.717) is 13.0 Å². The van der Waals surface area contributed by atoms with Crippen LogP contribution in [0.5, 0.6) is 0 Å². The normalized spacial score (nSPS) is 13.5. The first-order valence-corrected chi connectivity index (χ1v) is 8.33. The molecule has 6 heteroatoms. The zero-order chi connectivity index (χ0) is 15.5. The minimum Gasteiger partial charge on any atom is -0.481 e. The minimum absolute atomic E-state index is 0.445. The van der Waals surface area contributed by atoms with E-state index >= 15 is 0 Å². The third-order valence-corrected chi connectivity index (χ3v) is 5.78. The Kier molecular flexibility index (Phi) is 5.24. The fourth-order valence-corrected chi connectivity index (χ4v) is 4.93. The summed E-state index contributed by atoms with van der Waals surface area (Å²) in [4.78, 5) is 16.1. The molecule has 1 unspecified atom stereocenters. The first-order chi connectivity index (χ1) is 9.94. The number of carbonyl (C=O) groups is 1. The molecule has 2 aromatic rings. The van der Waals surface area contributed by atoms with Gasteiger partial charge in [-0.1, -0.05) is 23.9 Å². The fourth-order valence-electron chi connectivity index (χ4n) is 2.20. The van der Waals surface area contributed by atoms with Gasteiger partial charge in [-0.25, -0.2) is 4.98 Å². The van der Waals surface area contributed by atoms with Gasteiger partial charge in [0.2, 0.25) is 0 Å². The van der Waals surface area contributed by atoms with Gasteiger partial charge in [-0.3, -0.25) is 4.79 Å². The van der Waals surface area contributed by atoms with Gasteiger partial charge >= 0.3 is 5.97 Å². The molecule has 0 spiro atoms.